The summed E-state index contributed by atoms with van der Waals surface area (Å²) >= 11 is 1.48. The van der Waals surface area contributed by atoms with Gasteiger partial charge < -0.3 is 16.0 Å². The highest BCUT2D eigenvalue weighted by atomic mass is 32.1. The van der Waals surface area contributed by atoms with Crippen LogP contribution in [-0.2, 0) is 11.3 Å². The molecular weight excluding hydrogens is 274 g/mol. The number of thiophene rings is 1. The third kappa shape index (κ3) is 3.80. The minimum absolute atomic E-state index is 0.163. The Kier molecular flexibility index (Phi) is 5.14. The number of piperidine rings is 1. The Balaban J connectivity index is 1.82. The molecule has 0 spiro atoms. The summed E-state index contributed by atoms with van der Waals surface area (Å²) in [5, 5.41) is 4.96. The number of hydrogen-bond acceptors (Lipinski definition) is 4. The number of carbonyl (C=O) groups is 2. The number of amides is 2. The highest BCUT2D eigenvalue weighted by Gasteiger charge is 2.21. The summed E-state index contributed by atoms with van der Waals surface area (Å²) in [6.07, 6.45) is 3.42. The Morgan fingerprint density at radius 1 is 1.40 bits per heavy atom. The topological polar surface area (TPSA) is 75.4 Å². The molecule has 1 aromatic rings. The Bertz CT molecular complexity index is 481. The first-order valence-corrected chi connectivity index (χ1v) is 7.85. The SMILES string of the molecule is CC(NCc1cc(C(N)=O)cs1)C(=O)N1CCCCC1. The van der Waals surface area contributed by atoms with E-state index >= 15 is 0 Å². The third-order valence-corrected chi connectivity index (χ3v) is 4.50. The molecule has 1 saturated heterocycles. The van der Waals surface area contributed by atoms with Gasteiger partial charge in [0, 0.05) is 29.9 Å². The molecule has 1 aliphatic rings. The van der Waals surface area contributed by atoms with Gasteiger partial charge in [-0.1, -0.05) is 0 Å². The van der Waals surface area contributed by atoms with Crippen LogP contribution < -0.4 is 11.1 Å². The molecule has 0 aromatic carbocycles. The van der Waals surface area contributed by atoms with Crippen LogP contribution >= 0.6 is 11.3 Å². The summed E-state index contributed by atoms with van der Waals surface area (Å²) in [7, 11) is 0. The summed E-state index contributed by atoms with van der Waals surface area (Å²) in [6.45, 7) is 4.21. The molecule has 20 heavy (non-hydrogen) atoms. The summed E-state index contributed by atoms with van der Waals surface area (Å²) in [5.41, 5.74) is 5.74. The van der Waals surface area contributed by atoms with Crippen molar-refractivity contribution in [1.82, 2.24) is 10.2 Å². The molecule has 110 valence electrons. The largest absolute Gasteiger partial charge is 0.366 e. The van der Waals surface area contributed by atoms with Gasteiger partial charge in [0.1, 0.15) is 0 Å². The van der Waals surface area contributed by atoms with Crippen LogP contribution in [0.5, 0.6) is 0 Å². The first-order valence-electron chi connectivity index (χ1n) is 6.97. The lowest BCUT2D eigenvalue weighted by atomic mass is 10.1. The molecule has 0 saturated carbocycles. The normalized spacial score (nSPS) is 16.9. The van der Waals surface area contributed by atoms with Crippen LogP contribution in [0.2, 0.25) is 0 Å². The maximum absolute atomic E-state index is 12.2. The number of rotatable bonds is 5. The van der Waals surface area contributed by atoms with Crippen LogP contribution in [0, 0.1) is 0 Å². The average molecular weight is 295 g/mol. The molecule has 0 aliphatic carbocycles. The first-order chi connectivity index (χ1) is 9.58. The second-order valence-corrected chi connectivity index (χ2v) is 6.15. The van der Waals surface area contributed by atoms with E-state index < -0.39 is 5.91 Å². The number of carbonyl (C=O) groups excluding carboxylic acids is 2. The van der Waals surface area contributed by atoms with Crippen LogP contribution in [0.3, 0.4) is 0 Å². The minimum atomic E-state index is -0.412. The zero-order valence-corrected chi connectivity index (χ0v) is 12.5. The maximum atomic E-state index is 12.2. The molecule has 0 bridgehead atoms. The van der Waals surface area contributed by atoms with Gasteiger partial charge in [-0.25, -0.2) is 0 Å². The fourth-order valence-corrected chi connectivity index (χ4v) is 3.16. The van der Waals surface area contributed by atoms with E-state index in [1.54, 1.807) is 11.4 Å². The van der Waals surface area contributed by atoms with Crippen molar-refractivity contribution in [2.45, 2.75) is 38.8 Å². The molecule has 0 radical (unpaired) electrons. The number of primary amides is 1. The summed E-state index contributed by atoms with van der Waals surface area (Å²) in [4.78, 5) is 26.2. The van der Waals surface area contributed by atoms with Gasteiger partial charge in [-0.05, 0) is 32.3 Å². The smallest absolute Gasteiger partial charge is 0.249 e. The van der Waals surface area contributed by atoms with Gasteiger partial charge in [0.25, 0.3) is 0 Å². The van der Waals surface area contributed by atoms with Crippen LogP contribution in [0.15, 0.2) is 11.4 Å². The van der Waals surface area contributed by atoms with Crippen molar-refractivity contribution in [3.8, 4) is 0 Å². The first kappa shape index (κ1) is 15.0. The van der Waals surface area contributed by atoms with E-state index in [1.165, 1.54) is 17.8 Å². The highest BCUT2D eigenvalue weighted by Crippen LogP contribution is 2.15. The third-order valence-electron chi connectivity index (χ3n) is 3.56. The van der Waals surface area contributed by atoms with E-state index in [0.29, 0.717) is 12.1 Å². The molecular formula is C14H21N3O2S. The van der Waals surface area contributed by atoms with Crippen LogP contribution in [0.1, 0.15) is 41.4 Å². The van der Waals surface area contributed by atoms with Crippen molar-refractivity contribution in [1.29, 1.82) is 0 Å². The Morgan fingerprint density at radius 2 is 2.10 bits per heavy atom. The number of hydrogen-bond donors (Lipinski definition) is 2. The van der Waals surface area contributed by atoms with E-state index in [1.807, 2.05) is 11.8 Å². The lowest BCUT2D eigenvalue weighted by molar-refractivity contribution is -0.133. The summed E-state index contributed by atoms with van der Waals surface area (Å²) < 4.78 is 0. The molecule has 1 aromatic heterocycles. The van der Waals surface area contributed by atoms with Gasteiger partial charge in [0.2, 0.25) is 11.8 Å². The average Bonchev–Trinajstić information content (AvgIpc) is 2.94. The van der Waals surface area contributed by atoms with Gasteiger partial charge in [-0.3, -0.25) is 9.59 Å². The van der Waals surface area contributed by atoms with Gasteiger partial charge in [-0.2, -0.15) is 0 Å². The van der Waals surface area contributed by atoms with Crippen molar-refractivity contribution >= 4 is 23.2 Å². The zero-order chi connectivity index (χ0) is 14.5. The molecule has 1 aliphatic heterocycles. The number of nitrogens with zero attached hydrogens (tertiary/aromatic N) is 1. The van der Waals surface area contributed by atoms with Crippen molar-refractivity contribution in [2.75, 3.05) is 13.1 Å². The maximum Gasteiger partial charge on any atom is 0.249 e. The molecule has 6 heteroatoms. The number of nitrogens with two attached hydrogens (primary N) is 1. The second kappa shape index (κ2) is 6.85. The van der Waals surface area contributed by atoms with Crippen LogP contribution in [0.4, 0.5) is 0 Å². The van der Waals surface area contributed by atoms with Gasteiger partial charge >= 0.3 is 0 Å². The van der Waals surface area contributed by atoms with Crippen molar-refractivity contribution < 1.29 is 9.59 Å². The quantitative estimate of drug-likeness (QED) is 0.860. The molecule has 1 atom stereocenters. The van der Waals surface area contributed by atoms with E-state index in [0.717, 1.165) is 30.8 Å². The van der Waals surface area contributed by atoms with E-state index in [-0.39, 0.29) is 11.9 Å². The highest BCUT2D eigenvalue weighted by molar-refractivity contribution is 7.10. The predicted octanol–water partition coefficient (Wildman–Crippen LogP) is 1.34. The standard InChI is InChI=1S/C14H21N3O2S/c1-10(14(19)17-5-3-2-4-6-17)16-8-12-7-11(9-20-12)13(15)18/h7,9-10,16H,2-6,8H2,1H3,(H2,15,18). The van der Waals surface area contributed by atoms with Crippen molar-refractivity contribution in [3.63, 3.8) is 0 Å². The monoisotopic (exact) mass is 295 g/mol. The van der Waals surface area contributed by atoms with Gasteiger partial charge in [-0.15, -0.1) is 11.3 Å². The fourth-order valence-electron chi connectivity index (χ4n) is 2.33. The number of nitrogens with one attached hydrogen (secondary N) is 1. The summed E-state index contributed by atoms with van der Waals surface area (Å²) in [6, 6.07) is 1.57. The Morgan fingerprint density at radius 3 is 2.70 bits per heavy atom. The molecule has 2 amide bonds. The van der Waals surface area contributed by atoms with Crippen LogP contribution in [-0.4, -0.2) is 35.8 Å². The second-order valence-electron chi connectivity index (χ2n) is 5.15. The molecule has 3 N–H and O–H groups in total. The fraction of sp³-hybridized carbons (Fsp3) is 0.571. The van der Waals surface area contributed by atoms with E-state index in [2.05, 4.69) is 5.32 Å². The molecule has 1 fully saturated rings. The van der Waals surface area contributed by atoms with E-state index in [4.69, 9.17) is 5.73 Å². The van der Waals surface area contributed by atoms with Crippen LogP contribution in [0.25, 0.3) is 0 Å². The minimum Gasteiger partial charge on any atom is -0.366 e. The molecule has 5 nitrogen and oxygen atoms in total. The molecule has 2 rings (SSSR count). The Hall–Kier alpha value is -1.40. The lowest BCUT2D eigenvalue weighted by Gasteiger charge is -2.29. The molecule has 1 unspecified atom stereocenters. The van der Waals surface area contributed by atoms with Crippen molar-refractivity contribution in [2.24, 2.45) is 5.73 Å². The predicted molar refractivity (Wildman–Crippen MR) is 79.6 cm³/mol. The van der Waals surface area contributed by atoms with E-state index in [9.17, 15) is 9.59 Å². The van der Waals surface area contributed by atoms with Gasteiger partial charge in [0.15, 0.2) is 0 Å². The Labute approximate surface area is 123 Å². The molecule has 2 heterocycles. The lowest BCUT2D eigenvalue weighted by Crippen LogP contribution is -2.46. The summed E-state index contributed by atoms with van der Waals surface area (Å²) in [5.74, 6) is -0.249. The van der Waals surface area contributed by atoms with Gasteiger partial charge in [0.05, 0.1) is 11.6 Å². The van der Waals surface area contributed by atoms with Crippen molar-refractivity contribution in [3.05, 3.63) is 21.9 Å². The number of likely N-dealkylation sites (tertiary alicyclic amines) is 1. The zero-order valence-electron chi connectivity index (χ0n) is 11.7.